The molecule has 40 heavy (non-hydrogen) atoms. The monoisotopic (exact) mass is 550 g/mol. The predicted octanol–water partition coefficient (Wildman–Crippen LogP) is 3.49. The molecule has 3 aliphatic rings. The van der Waals surface area contributed by atoms with Crippen LogP contribution in [-0.2, 0) is 0 Å². The first kappa shape index (κ1) is 27.0. The number of aryl methyl sites for hydroxylation is 1. The minimum Gasteiger partial charge on any atom is -0.374 e. The molecule has 6 rings (SSSR count). The molecule has 3 atom stereocenters. The Balaban J connectivity index is 1.10. The van der Waals surface area contributed by atoms with Gasteiger partial charge in [0.25, 0.3) is 0 Å². The van der Waals surface area contributed by atoms with E-state index in [0.29, 0.717) is 42.2 Å². The van der Waals surface area contributed by atoms with Gasteiger partial charge in [0, 0.05) is 74.1 Å². The van der Waals surface area contributed by atoms with Crippen LogP contribution in [0, 0.1) is 12.7 Å². The van der Waals surface area contributed by atoms with Crippen molar-refractivity contribution in [2.75, 3.05) is 36.0 Å². The van der Waals surface area contributed by atoms with Crippen molar-refractivity contribution >= 4 is 12.0 Å². The standard InChI is InChI=1S/C29H39FN8O2/c1-17(2)26-34-29(40-35-26)36-10-8-21(9-11-36)38(20-5-6-20)27(39)19-13-32-28(33-14-19)37-15-23(25(31)16-37)22-12-18(3)4-7-24(22)30/h4,7,12-14,17,20-21,23,25,27,39H,5-6,8-11,15-16,31H2,1-3H3. The highest BCUT2D eigenvalue weighted by atomic mass is 19.1. The summed E-state index contributed by atoms with van der Waals surface area (Å²) in [5, 5.41) is 15.6. The molecule has 0 amide bonds. The number of hydrogen-bond acceptors (Lipinski definition) is 10. The molecule has 214 valence electrons. The lowest BCUT2D eigenvalue weighted by Gasteiger charge is -2.40. The number of nitrogens with zero attached hydrogens (tertiary/aromatic N) is 7. The molecule has 2 aliphatic heterocycles. The van der Waals surface area contributed by atoms with Crippen molar-refractivity contribution in [1.29, 1.82) is 0 Å². The number of halogens is 1. The molecule has 3 unspecified atom stereocenters. The second kappa shape index (κ2) is 11.0. The van der Waals surface area contributed by atoms with Crippen LogP contribution in [-0.4, -0.2) is 74.4 Å². The third-order valence-corrected chi connectivity index (χ3v) is 8.51. The summed E-state index contributed by atoms with van der Waals surface area (Å²) in [5.74, 6) is 1.15. The molecule has 1 aliphatic carbocycles. The number of aromatic nitrogens is 4. The predicted molar refractivity (Wildman–Crippen MR) is 150 cm³/mol. The van der Waals surface area contributed by atoms with E-state index in [1.54, 1.807) is 18.5 Å². The van der Waals surface area contributed by atoms with Gasteiger partial charge in [-0.2, -0.15) is 4.98 Å². The maximum absolute atomic E-state index is 14.6. The fourth-order valence-corrected chi connectivity index (χ4v) is 6.08. The maximum atomic E-state index is 14.6. The summed E-state index contributed by atoms with van der Waals surface area (Å²) in [4.78, 5) is 20.1. The highest BCUT2D eigenvalue weighted by Gasteiger charge is 2.41. The summed E-state index contributed by atoms with van der Waals surface area (Å²) in [6.45, 7) is 8.76. The van der Waals surface area contributed by atoms with Crippen LogP contribution >= 0.6 is 0 Å². The van der Waals surface area contributed by atoms with Crippen molar-refractivity contribution in [3.63, 3.8) is 0 Å². The van der Waals surface area contributed by atoms with E-state index < -0.39 is 6.23 Å². The fourth-order valence-electron chi connectivity index (χ4n) is 6.08. The van der Waals surface area contributed by atoms with E-state index in [9.17, 15) is 9.50 Å². The number of piperidine rings is 1. The summed E-state index contributed by atoms with van der Waals surface area (Å²) in [6, 6.07) is 6.14. The van der Waals surface area contributed by atoms with Crippen LogP contribution in [0.5, 0.6) is 0 Å². The van der Waals surface area contributed by atoms with Gasteiger partial charge >= 0.3 is 6.01 Å². The SMILES string of the molecule is Cc1ccc(F)c(C2CN(c3ncc(C(O)N(C4CC4)C4CCN(c5nc(C(C)C)no5)CC4)cn3)CC2N)c1. The number of rotatable bonds is 8. The molecule has 1 aromatic carbocycles. The Labute approximate surface area is 234 Å². The van der Waals surface area contributed by atoms with Crippen LogP contribution in [0.3, 0.4) is 0 Å². The van der Waals surface area contributed by atoms with Crippen molar-refractivity contribution in [2.45, 2.75) is 82.6 Å². The van der Waals surface area contributed by atoms with Gasteiger partial charge in [-0.15, -0.1) is 0 Å². The average molecular weight is 551 g/mol. The van der Waals surface area contributed by atoms with E-state index >= 15 is 0 Å². The van der Waals surface area contributed by atoms with Gasteiger partial charge in [0.1, 0.15) is 12.0 Å². The third-order valence-electron chi connectivity index (χ3n) is 8.51. The molecule has 0 bridgehead atoms. The molecule has 0 radical (unpaired) electrons. The zero-order valence-corrected chi connectivity index (χ0v) is 23.4. The Morgan fingerprint density at radius 2 is 1.75 bits per heavy atom. The number of hydrogen-bond donors (Lipinski definition) is 2. The van der Waals surface area contributed by atoms with Gasteiger partial charge in [0.15, 0.2) is 5.82 Å². The van der Waals surface area contributed by atoms with Gasteiger partial charge in [-0.1, -0.05) is 36.7 Å². The lowest BCUT2D eigenvalue weighted by molar-refractivity contribution is -0.0408. The molecular weight excluding hydrogens is 511 g/mol. The summed E-state index contributed by atoms with van der Waals surface area (Å²) in [6.07, 6.45) is 6.62. The van der Waals surface area contributed by atoms with Crippen LogP contribution in [0.2, 0.25) is 0 Å². The number of anilines is 2. The van der Waals surface area contributed by atoms with Crippen LogP contribution in [0.4, 0.5) is 16.4 Å². The second-order valence-corrected chi connectivity index (χ2v) is 11.9. The Kier molecular flexibility index (Phi) is 7.45. The number of aliphatic hydroxyl groups is 1. The molecule has 3 fully saturated rings. The average Bonchev–Trinajstić information content (AvgIpc) is 3.51. The molecular formula is C29H39FN8O2. The number of aliphatic hydroxyl groups excluding tert-OH is 1. The van der Waals surface area contributed by atoms with Gasteiger partial charge in [0.2, 0.25) is 5.95 Å². The van der Waals surface area contributed by atoms with Crippen molar-refractivity contribution < 1.29 is 14.0 Å². The molecule has 2 aromatic heterocycles. The first-order valence-corrected chi connectivity index (χ1v) is 14.4. The maximum Gasteiger partial charge on any atom is 0.324 e. The molecule has 1 saturated carbocycles. The number of nitrogens with two attached hydrogens (primary N) is 1. The summed E-state index contributed by atoms with van der Waals surface area (Å²) in [5.41, 5.74) is 8.77. The van der Waals surface area contributed by atoms with E-state index in [1.807, 2.05) is 17.9 Å². The van der Waals surface area contributed by atoms with Crippen LogP contribution in [0.15, 0.2) is 35.1 Å². The Hall–Kier alpha value is -3.15. The quantitative estimate of drug-likeness (QED) is 0.403. The zero-order valence-electron chi connectivity index (χ0n) is 23.4. The lowest BCUT2D eigenvalue weighted by atomic mass is 9.93. The van der Waals surface area contributed by atoms with Crippen molar-refractivity contribution in [2.24, 2.45) is 5.73 Å². The van der Waals surface area contributed by atoms with E-state index in [4.69, 9.17) is 10.3 Å². The highest BCUT2D eigenvalue weighted by Crippen LogP contribution is 2.38. The largest absolute Gasteiger partial charge is 0.374 e. The van der Waals surface area contributed by atoms with Crippen LogP contribution < -0.4 is 15.5 Å². The van der Waals surface area contributed by atoms with E-state index in [2.05, 4.69) is 43.8 Å². The first-order chi connectivity index (χ1) is 19.3. The summed E-state index contributed by atoms with van der Waals surface area (Å²) < 4.78 is 20.0. The molecule has 11 heteroatoms. The van der Waals surface area contributed by atoms with Gasteiger partial charge < -0.3 is 25.2 Å². The van der Waals surface area contributed by atoms with Crippen molar-refractivity contribution in [3.05, 3.63) is 58.9 Å². The van der Waals surface area contributed by atoms with E-state index in [1.165, 1.54) is 6.07 Å². The fraction of sp³-hybridized carbons (Fsp3) is 0.586. The molecule has 4 heterocycles. The second-order valence-electron chi connectivity index (χ2n) is 11.9. The summed E-state index contributed by atoms with van der Waals surface area (Å²) in [7, 11) is 0. The van der Waals surface area contributed by atoms with Gasteiger partial charge in [-0.25, -0.2) is 14.4 Å². The van der Waals surface area contributed by atoms with Crippen LogP contribution in [0.25, 0.3) is 0 Å². The van der Waals surface area contributed by atoms with Gasteiger partial charge in [0.05, 0.1) is 0 Å². The third kappa shape index (κ3) is 5.42. The topological polar surface area (TPSA) is 121 Å². The normalized spacial score (nSPS) is 23.0. The lowest BCUT2D eigenvalue weighted by Crippen LogP contribution is -2.47. The van der Waals surface area contributed by atoms with Gasteiger partial charge in [-0.3, -0.25) is 4.90 Å². The molecule has 3 N–H and O–H groups in total. The van der Waals surface area contributed by atoms with Gasteiger partial charge in [-0.05, 0) is 44.2 Å². The first-order valence-electron chi connectivity index (χ1n) is 14.4. The zero-order chi connectivity index (χ0) is 28.0. The molecule has 2 saturated heterocycles. The molecule has 0 spiro atoms. The smallest absolute Gasteiger partial charge is 0.324 e. The van der Waals surface area contributed by atoms with Crippen LogP contribution in [0.1, 0.15) is 80.1 Å². The minimum atomic E-state index is -0.774. The Morgan fingerprint density at radius 3 is 2.40 bits per heavy atom. The summed E-state index contributed by atoms with van der Waals surface area (Å²) >= 11 is 0. The minimum absolute atomic E-state index is 0.130. The molecule has 10 nitrogen and oxygen atoms in total. The Morgan fingerprint density at radius 1 is 1.05 bits per heavy atom. The Bertz CT molecular complexity index is 1310. The van der Waals surface area contributed by atoms with E-state index in [0.717, 1.165) is 50.2 Å². The van der Waals surface area contributed by atoms with E-state index in [-0.39, 0.29) is 29.7 Å². The molecule has 3 aromatic rings. The number of benzene rings is 1. The van der Waals surface area contributed by atoms with Crippen molar-refractivity contribution in [1.82, 2.24) is 25.0 Å². The highest BCUT2D eigenvalue weighted by molar-refractivity contribution is 5.39. The van der Waals surface area contributed by atoms with Crippen molar-refractivity contribution in [3.8, 4) is 0 Å².